The van der Waals surface area contributed by atoms with E-state index in [1.54, 1.807) is 0 Å². The van der Waals surface area contributed by atoms with Gasteiger partial charge in [-0.3, -0.25) is 4.90 Å². The summed E-state index contributed by atoms with van der Waals surface area (Å²) in [5.74, 6) is 0. The highest BCUT2D eigenvalue weighted by atomic mass is 16.5. The van der Waals surface area contributed by atoms with Crippen molar-refractivity contribution in [3.63, 3.8) is 0 Å². The second-order valence-corrected chi connectivity index (χ2v) is 4.01. The number of likely N-dealkylation sites (N-methyl/N-ethyl adjacent to an activating group) is 1. The monoisotopic (exact) mass is 186 g/mol. The number of hydrogen-bond acceptors (Lipinski definition) is 4. The average molecular weight is 186 g/mol. The number of aliphatic hydroxyl groups excluding tert-OH is 1. The second-order valence-electron chi connectivity index (χ2n) is 4.01. The van der Waals surface area contributed by atoms with Crippen LogP contribution in [0.25, 0.3) is 0 Å². The summed E-state index contributed by atoms with van der Waals surface area (Å²) in [7, 11) is 2.14. The molecule has 0 aliphatic carbocycles. The molecule has 2 fully saturated rings. The van der Waals surface area contributed by atoms with E-state index in [2.05, 4.69) is 16.8 Å². The van der Waals surface area contributed by atoms with Gasteiger partial charge in [0.2, 0.25) is 0 Å². The Hall–Kier alpha value is -0.160. The zero-order valence-electron chi connectivity index (χ0n) is 8.15. The van der Waals surface area contributed by atoms with E-state index in [0.717, 1.165) is 26.2 Å². The van der Waals surface area contributed by atoms with Crippen LogP contribution >= 0.6 is 0 Å². The third-order valence-electron chi connectivity index (χ3n) is 3.03. The van der Waals surface area contributed by atoms with Crippen molar-refractivity contribution in [2.75, 3.05) is 46.4 Å². The first-order valence-electron chi connectivity index (χ1n) is 4.96. The highest BCUT2D eigenvalue weighted by Gasteiger charge is 2.32. The Balaban J connectivity index is 1.86. The predicted molar refractivity (Wildman–Crippen MR) is 49.7 cm³/mol. The van der Waals surface area contributed by atoms with Gasteiger partial charge in [-0.05, 0) is 7.05 Å². The summed E-state index contributed by atoms with van der Waals surface area (Å²) in [6, 6.07) is 0.244. The van der Waals surface area contributed by atoms with E-state index in [9.17, 15) is 5.11 Å². The molecule has 4 nitrogen and oxygen atoms in total. The summed E-state index contributed by atoms with van der Waals surface area (Å²) in [6.45, 7) is 5.53. The maximum absolute atomic E-state index is 9.63. The fourth-order valence-corrected chi connectivity index (χ4v) is 2.03. The van der Waals surface area contributed by atoms with Crippen molar-refractivity contribution in [3.8, 4) is 0 Å². The maximum Gasteiger partial charge on any atom is 0.0950 e. The maximum atomic E-state index is 9.63. The Morgan fingerprint density at radius 2 is 1.85 bits per heavy atom. The van der Waals surface area contributed by atoms with Crippen LogP contribution in [-0.2, 0) is 4.74 Å². The smallest absolute Gasteiger partial charge is 0.0950 e. The van der Waals surface area contributed by atoms with Gasteiger partial charge in [0.05, 0.1) is 25.4 Å². The molecule has 0 aromatic carbocycles. The van der Waals surface area contributed by atoms with Gasteiger partial charge in [0, 0.05) is 26.2 Å². The second kappa shape index (κ2) is 3.92. The molecule has 2 heterocycles. The number of hydrogen-bond donors (Lipinski definition) is 1. The van der Waals surface area contributed by atoms with Gasteiger partial charge in [0.1, 0.15) is 0 Å². The minimum absolute atomic E-state index is 0.244. The first-order valence-corrected chi connectivity index (χ1v) is 4.96. The van der Waals surface area contributed by atoms with Crippen molar-refractivity contribution < 1.29 is 9.84 Å². The lowest BCUT2D eigenvalue weighted by atomic mass is 10.1. The summed E-state index contributed by atoms with van der Waals surface area (Å²) >= 11 is 0. The molecule has 0 aromatic heterocycles. The van der Waals surface area contributed by atoms with E-state index in [4.69, 9.17) is 4.74 Å². The topological polar surface area (TPSA) is 35.9 Å². The standard InChI is InChI=1S/C9H18N2O2/c1-10-2-4-11(5-3-10)8-6-13-7-9(8)12/h8-9,12H,2-7H2,1H3/t8-,9+/m0/s1. The average Bonchev–Trinajstić information content (AvgIpc) is 2.53. The molecular formula is C9H18N2O2. The normalized spacial score (nSPS) is 38.3. The lowest BCUT2D eigenvalue weighted by molar-refractivity contribution is 0.0512. The zero-order chi connectivity index (χ0) is 9.26. The van der Waals surface area contributed by atoms with Crippen LogP contribution in [0.4, 0.5) is 0 Å². The molecule has 0 spiro atoms. The molecule has 13 heavy (non-hydrogen) atoms. The molecule has 0 unspecified atom stereocenters. The van der Waals surface area contributed by atoms with Crippen LogP contribution in [0, 0.1) is 0 Å². The molecule has 0 aromatic rings. The minimum Gasteiger partial charge on any atom is -0.389 e. The van der Waals surface area contributed by atoms with Crippen molar-refractivity contribution >= 4 is 0 Å². The number of aliphatic hydroxyl groups is 1. The molecule has 2 rings (SSSR count). The molecule has 4 heteroatoms. The third-order valence-corrected chi connectivity index (χ3v) is 3.03. The Morgan fingerprint density at radius 1 is 1.15 bits per heavy atom. The van der Waals surface area contributed by atoms with Gasteiger partial charge in [0.25, 0.3) is 0 Å². The Labute approximate surface area is 79.1 Å². The molecule has 0 radical (unpaired) electrons. The Bertz CT molecular complexity index is 169. The van der Waals surface area contributed by atoms with Crippen LogP contribution in [-0.4, -0.2) is 73.5 Å². The van der Waals surface area contributed by atoms with Gasteiger partial charge in [0.15, 0.2) is 0 Å². The van der Waals surface area contributed by atoms with Crippen LogP contribution in [0.5, 0.6) is 0 Å². The van der Waals surface area contributed by atoms with Crippen molar-refractivity contribution in [1.29, 1.82) is 0 Å². The quantitative estimate of drug-likeness (QED) is 0.569. The molecule has 2 aliphatic rings. The van der Waals surface area contributed by atoms with Crippen molar-refractivity contribution in [1.82, 2.24) is 9.80 Å². The van der Waals surface area contributed by atoms with E-state index in [-0.39, 0.29) is 12.1 Å². The van der Waals surface area contributed by atoms with Gasteiger partial charge in [-0.2, -0.15) is 0 Å². The minimum atomic E-state index is -0.275. The molecule has 0 amide bonds. The first-order chi connectivity index (χ1) is 6.27. The van der Waals surface area contributed by atoms with E-state index in [1.165, 1.54) is 0 Å². The van der Waals surface area contributed by atoms with E-state index in [0.29, 0.717) is 13.2 Å². The third kappa shape index (κ3) is 2.02. The lowest BCUT2D eigenvalue weighted by Gasteiger charge is -2.36. The molecule has 0 saturated carbocycles. The van der Waals surface area contributed by atoms with Gasteiger partial charge in [-0.25, -0.2) is 0 Å². The Kier molecular flexibility index (Phi) is 2.83. The number of piperazine rings is 1. The highest BCUT2D eigenvalue weighted by Crippen LogP contribution is 2.14. The zero-order valence-corrected chi connectivity index (χ0v) is 8.15. The summed E-state index contributed by atoms with van der Waals surface area (Å²) in [5.41, 5.74) is 0. The largest absolute Gasteiger partial charge is 0.389 e. The van der Waals surface area contributed by atoms with Gasteiger partial charge < -0.3 is 14.7 Å². The summed E-state index contributed by atoms with van der Waals surface area (Å²) in [5, 5.41) is 9.63. The number of nitrogens with zero attached hydrogens (tertiary/aromatic N) is 2. The van der Waals surface area contributed by atoms with Crippen LogP contribution in [0.15, 0.2) is 0 Å². The van der Waals surface area contributed by atoms with Crippen molar-refractivity contribution in [2.45, 2.75) is 12.1 Å². The van der Waals surface area contributed by atoms with Crippen molar-refractivity contribution in [2.24, 2.45) is 0 Å². The molecule has 2 aliphatic heterocycles. The van der Waals surface area contributed by atoms with Crippen LogP contribution < -0.4 is 0 Å². The fraction of sp³-hybridized carbons (Fsp3) is 1.00. The first kappa shape index (κ1) is 9.40. The lowest BCUT2D eigenvalue weighted by Crippen LogP contribution is -2.52. The van der Waals surface area contributed by atoms with Crippen LogP contribution in [0.3, 0.4) is 0 Å². The summed E-state index contributed by atoms with van der Waals surface area (Å²) < 4.78 is 5.24. The number of ether oxygens (including phenoxy) is 1. The van der Waals surface area contributed by atoms with Crippen LogP contribution in [0.2, 0.25) is 0 Å². The molecule has 1 N–H and O–H groups in total. The molecule has 2 saturated heterocycles. The summed E-state index contributed by atoms with van der Waals surface area (Å²) in [4.78, 5) is 4.66. The summed E-state index contributed by atoms with van der Waals surface area (Å²) in [6.07, 6.45) is -0.275. The predicted octanol–water partition coefficient (Wildman–Crippen LogP) is -1.01. The molecule has 2 atom stereocenters. The SMILES string of the molecule is CN1CCN([C@H]2COC[C@H]2O)CC1. The molecular weight excluding hydrogens is 168 g/mol. The molecule has 76 valence electrons. The van der Waals surface area contributed by atoms with Crippen LogP contribution in [0.1, 0.15) is 0 Å². The highest BCUT2D eigenvalue weighted by molar-refractivity contribution is 4.85. The van der Waals surface area contributed by atoms with E-state index in [1.807, 2.05) is 0 Å². The van der Waals surface area contributed by atoms with E-state index >= 15 is 0 Å². The van der Waals surface area contributed by atoms with Gasteiger partial charge in [-0.1, -0.05) is 0 Å². The molecule has 0 bridgehead atoms. The van der Waals surface area contributed by atoms with Gasteiger partial charge >= 0.3 is 0 Å². The van der Waals surface area contributed by atoms with Crippen molar-refractivity contribution in [3.05, 3.63) is 0 Å². The Morgan fingerprint density at radius 3 is 2.38 bits per heavy atom. The number of rotatable bonds is 1. The van der Waals surface area contributed by atoms with Gasteiger partial charge in [-0.15, -0.1) is 0 Å². The van der Waals surface area contributed by atoms with E-state index < -0.39 is 0 Å². The fourth-order valence-electron chi connectivity index (χ4n) is 2.03.